The highest BCUT2D eigenvalue weighted by atomic mass is 32.2. The Morgan fingerprint density at radius 3 is 2.45 bits per heavy atom. The molecule has 1 aromatic rings. The molecule has 0 saturated carbocycles. The van der Waals surface area contributed by atoms with Gasteiger partial charge in [-0.25, -0.2) is 8.42 Å². The van der Waals surface area contributed by atoms with Crippen molar-refractivity contribution in [3.05, 3.63) is 34.4 Å². The third-order valence-corrected chi connectivity index (χ3v) is 5.56. The summed E-state index contributed by atoms with van der Waals surface area (Å²) < 4.78 is 26.3. The summed E-state index contributed by atoms with van der Waals surface area (Å²) in [7, 11) is -3.61. The fourth-order valence-electron chi connectivity index (χ4n) is 2.24. The van der Waals surface area contributed by atoms with E-state index in [2.05, 4.69) is 0 Å². The molecular weight excluding hydrogens is 282 g/mol. The minimum atomic E-state index is -3.61. The Bertz CT molecular complexity index is 614. The van der Waals surface area contributed by atoms with E-state index in [1.54, 1.807) is 0 Å². The van der Waals surface area contributed by atoms with Crippen molar-refractivity contribution in [1.82, 2.24) is 4.31 Å². The molecule has 1 aromatic carbocycles. The Hall–Kier alpha value is -1.51. The summed E-state index contributed by atoms with van der Waals surface area (Å²) in [4.78, 5) is 10.1. The third-order valence-electron chi connectivity index (χ3n) is 3.70. The lowest BCUT2D eigenvalue weighted by molar-refractivity contribution is -0.384. The van der Waals surface area contributed by atoms with Gasteiger partial charge in [-0.15, -0.1) is 0 Å². The summed E-state index contributed by atoms with van der Waals surface area (Å²) in [5.41, 5.74) is 5.34. The first-order chi connectivity index (χ1) is 9.28. The van der Waals surface area contributed by atoms with E-state index >= 15 is 0 Å². The number of benzene rings is 1. The molecule has 0 bridgehead atoms. The number of hydrogen-bond acceptors (Lipinski definition) is 5. The van der Waals surface area contributed by atoms with Crippen LogP contribution in [0.3, 0.4) is 0 Å². The van der Waals surface area contributed by atoms with Crippen LogP contribution in [0.2, 0.25) is 0 Å². The van der Waals surface area contributed by atoms with Gasteiger partial charge in [0.05, 0.1) is 9.82 Å². The monoisotopic (exact) mass is 299 g/mol. The maximum absolute atomic E-state index is 12.4. The molecule has 0 aromatic heterocycles. The lowest BCUT2D eigenvalue weighted by atomic mass is 9.90. The van der Waals surface area contributed by atoms with Crippen LogP contribution in [-0.2, 0) is 10.0 Å². The van der Waals surface area contributed by atoms with Gasteiger partial charge in [0.15, 0.2) is 0 Å². The minimum Gasteiger partial charge on any atom is -0.330 e. The van der Waals surface area contributed by atoms with E-state index < -0.39 is 14.9 Å². The molecule has 1 heterocycles. The number of non-ortho nitro benzene ring substituents is 1. The fourth-order valence-corrected chi connectivity index (χ4v) is 3.83. The van der Waals surface area contributed by atoms with Crippen LogP contribution in [0.25, 0.3) is 0 Å². The average molecular weight is 299 g/mol. The highest BCUT2D eigenvalue weighted by Crippen LogP contribution is 2.32. The van der Waals surface area contributed by atoms with Crippen LogP contribution < -0.4 is 5.73 Å². The van der Waals surface area contributed by atoms with Gasteiger partial charge in [-0.2, -0.15) is 4.31 Å². The van der Waals surface area contributed by atoms with Crippen LogP contribution in [0.15, 0.2) is 29.2 Å². The van der Waals surface area contributed by atoms with E-state index in [-0.39, 0.29) is 16.0 Å². The Labute approximate surface area is 117 Å². The molecule has 1 saturated heterocycles. The van der Waals surface area contributed by atoms with E-state index in [1.165, 1.54) is 28.6 Å². The first kappa shape index (κ1) is 14.9. The molecule has 7 nitrogen and oxygen atoms in total. The lowest BCUT2D eigenvalue weighted by Gasteiger charge is -2.22. The molecule has 0 spiro atoms. The highest BCUT2D eigenvalue weighted by molar-refractivity contribution is 7.89. The Balaban J connectivity index is 2.25. The average Bonchev–Trinajstić information content (AvgIpc) is 2.83. The summed E-state index contributed by atoms with van der Waals surface area (Å²) in [6, 6.07) is 4.94. The van der Waals surface area contributed by atoms with Gasteiger partial charge in [-0.3, -0.25) is 10.1 Å². The van der Waals surface area contributed by atoms with Gasteiger partial charge in [-0.1, -0.05) is 6.92 Å². The second-order valence-electron chi connectivity index (χ2n) is 5.35. The molecule has 1 aliphatic rings. The summed E-state index contributed by atoms with van der Waals surface area (Å²) in [5, 5.41) is 10.6. The van der Waals surface area contributed by atoms with Crippen molar-refractivity contribution in [1.29, 1.82) is 0 Å². The van der Waals surface area contributed by atoms with Crippen LogP contribution in [-0.4, -0.2) is 37.3 Å². The van der Waals surface area contributed by atoms with Crippen molar-refractivity contribution < 1.29 is 13.3 Å². The first-order valence-electron chi connectivity index (χ1n) is 6.23. The molecule has 1 aliphatic heterocycles. The zero-order valence-corrected chi connectivity index (χ0v) is 12.0. The lowest BCUT2D eigenvalue weighted by Crippen LogP contribution is -2.34. The van der Waals surface area contributed by atoms with Gasteiger partial charge in [-0.05, 0) is 30.5 Å². The molecule has 20 heavy (non-hydrogen) atoms. The number of nitro benzene ring substituents is 1. The predicted molar refractivity (Wildman–Crippen MR) is 73.6 cm³/mol. The minimum absolute atomic E-state index is 0.0735. The number of nitro groups is 1. The maximum atomic E-state index is 12.4. The zero-order valence-electron chi connectivity index (χ0n) is 11.2. The van der Waals surface area contributed by atoms with Crippen molar-refractivity contribution in [2.75, 3.05) is 19.6 Å². The molecular formula is C12H17N3O4S. The largest absolute Gasteiger partial charge is 0.330 e. The van der Waals surface area contributed by atoms with Gasteiger partial charge < -0.3 is 5.73 Å². The highest BCUT2D eigenvalue weighted by Gasteiger charge is 2.39. The molecule has 110 valence electrons. The Kier molecular flexibility index (Phi) is 3.81. The molecule has 1 fully saturated rings. The van der Waals surface area contributed by atoms with Gasteiger partial charge in [0, 0.05) is 25.2 Å². The number of nitrogens with zero attached hydrogens (tertiary/aromatic N) is 2. The second kappa shape index (κ2) is 5.12. The summed E-state index contributed by atoms with van der Waals surface area (Å²) in [6.45, 7) is 3.19. The van der Waals surface area contributed by atoms with Crippen molar-refractivity contribution in [3.8, 4) is 0 Å². The van der Waals surface area contributed by atoms with E-state index in [0.29, 0.717) is 19.6 Å². The fraction of sp³-hybridized carbons (Fsp3) is 0.500. The molecule has 2 rings (SSSR count). The summed E-state index contributed by atoms with van der Waals surface area (Å²) >= 11 is 0. The normalized spacial score (nSPS) is 23.9. The molecule has 2 N–H and O–H groups in total. The van der Waals surface area contributed by atoms with E-state index in [4.69, 9.17) is 5.73 Å². The standard InChI is InChI=1S/C12H17N3O4S/c1-12(8-13)6-7-14(9-12)20(18,19)11-4-2-10(3-5-11)15(16)17/h2-5H,6-9,13H2,1H3. The van der Waals surface area contributed by atoms with Gasteiger partial charge in [0.2, 0.25) is 10.0 Å². The molecule has 1 unspecified atom stereocenters. The summed E-state index contributed by atoms with van der Waals surface area (Å²) in [6.07, 6.45) is 0.718. The summed E-state index contributed by atoms with van der Waals surface area (Å²) in [5.74, 6) is 0. The van der Waals surface area contributed by atoms with E-state index in [0.717, 1.165) is 6.42 Å². The first-order valence-corrected chi connectivity index (χ1v) is 7.67. The zero-order chi connectivity index (χ0) is 15.0. The van der Waals surface area contributed by atoms with Gasteiger partial charge in [0.1, 0.15) is 0 Å². The van der Waals surface area contributed by atoms with E-state index in [1.807, 2.05) is 6.92 Å². The van der Waals surface area contributed by atoms with Crippen molar-refractivity contribution in [2.24, 2.45) is 11.1 Å². The van der Waals surface area contributed by atoms with Gasteiger partial charge >= 0.3 is 0 Å². The van der Waals surface area contributed by atoms with Crippen molar-refractivity contribution >= 4 is 15.7 Å². The van der Waals surface area contributed by atoms with Crippen LogP contribution in [0.5, 0.6) is 0 Å². The van der Waals surface area contributed by atoms with Crippen LogP contribution in [0, 0.1) is 15.5 Å². The second-order valence-corrected chi connectivity index (χ2v) is 7.29. The number of hydrogen-bond donors (Lipinski definition) is 1. The number of nitrogens with two attached hydrogens (primary N) is 1. The number of rotatable bonds is 4. The predicted octanol–water partition coefficient (Wildman–Crippen LogP) is 0.954. The van der Waals surface area contributed by atoms with Crippen LogP contribution in [0.1, 0.15) is 13.3 Å². The molecule has 0 aliphatic carbocycles. The van der Waals surface area contributed by atoms with E-state index in [9.17, 15) is 18.5 Å². The van der Waals surface area contributed by atoms with Crippen LogP contribution >= 0.6 is 0 Å². The maximum Gasteiger partial charge on any atom is 0.269 e. The molecule has 0 amide bonds. The van der Waals surface area contributed by atoms with Crippen molar-refractivity contribution in [2.45, 2.75) is 18.2 Å². The smallest absolute Gasteiger partial charge is 0.269 e. The topological polar surface area (TPSA) is 107 Å². The Morgan fingerprint density at radius 2 is 2.00 bits per heavy atom. The van der Waals surface area contributed by atoms with Crippen LogP contribution in [0.4, 0.5) is 5.69 Å². The third kappa shape index (κ3) is 2.67. The molecule has 0 radical (unpaired) electrons. The quantitative estimate of drug-likeness (QED) is 0.658. The van der Waals surface area contributed by atoms with Gasteiger partial charge in [0.25, 0.3) is 5.69 Å². The van der Waals surface area contributed by atoms with Crippen molar-refractivity contribution in [3.63, 3.8) is 0 Å². The molecule has 1 atom stereocenters. The SMILES string of the molecule is CC1(CN)CCN(S(=O)(=O)c2ccc([N+](=O)[O-])cc2)C1. The number of sulfonamides is 1. The Morgan fingerprint density at radius 1 is 1.40 bits per heavy atom. The molecule has 8 heteroatoms.